The van der Waals surface area contributed by atoms with Gasteiger partial charge in [0.1, 0.15) is 10.7 Å². The highest BCUT2D eigenvalue weighted by molar-refractivity contribution is 7.21. The fourth-order valence-corrected chi connectivity index (χ4v) is 3.37. The number of thiophene rings is 2. The fraction of sp³-hybridized carbons (Fsp3) is 0. The number of anilines is 2. The first-order valence-corrected chi connectivity index (χ1v) is 7.22. The lowest BCUT2D eigenvalue weighted by atomic mass is 10.2. The van der Waals surface area contributed by atoms with Crippen LogP contribution in [0.25, 0.3) is 10.1 Å². The van der Waals surface area contributed by atoms with Crippen molar-refractivity contribution in [2.24, 2.45) is 0 Å². The molecular weight excluding hydrogens is 283 g/mol. The molecule has 19 heavy (non-hydrogen) atoms. The molecule has 3 rings (SSSR count). The average Bonchev–Trinajstić information content (AvgIpc) is 2.98. The summed E-state index contributed by atoms with van der Waals surface area (Å²) < 4.78 is 14.0. The van der Waals surface area contributed by atoms with Crippen molar-refractivity contribution in [1.82, 2.24) is 0 Å². The third-order valence-electron chi connectivity index (χ3n) is 2.67. The van der Waals surface area contributed by atoms with Gasteiger partial charge in [-0.3, -0.25) is 4.79 Å². The summed E-state index contributed by atoms with van der Waals surface area (Å²) >= 11 is 2.76. The lowest BCUT2D eigenvalue weighted by molar-refractivity contribution is 0.103. The van der Waals surface area contributed by atoms with Crippen LogP contribution in [0.4, 0.5) is 15.8 Å². The number of fused-ring (bicyclic) bond motifs is 1. The minimum Gasteiger partial charge on any atom is -0.397 e. The van der Waals surface area contributed by atoms with Crippen LogP contribution in [0, 0.1) is 5.82 Å². The largest absolute Gasteiger partial charge is 0.397 e. The number of hydrogen-bond acceptors (Lipinski definition) is 4. The number of amides is 1. The maximum Gasteiger partial charge on any atom is 0.267 e. The fourth-order valence-electron chi connectivity index (χ4n) is 1.78. The van der Waals surface area contributed by atoms with Crippen molar-refractivity contribution < 1.29 is 9.18 Å². The van der Waals surface area contributed by atoms with Crippen LogP contribution in [0.5, 0.6) is 0 Å². The summed E-state index contributed by atoms with van der Waals surface area (Å²) in [4.78, 5) is 12.5. The Kier molecular flexibility index (Phi) is 2.96. The van der Waals surface area contributed by atoms with Crippen molar-refractivity contribution in [2.45, 2.75) is 0 Å². The second kappa shape index (κ2) is 4.64. The van der Waals surface area contributed by atoms with Crippen molar-refractivity contribution in [3.63, 3.8) is 0 Å². The van der Waals surface area contributed by atoms with Gasteiger partial charge in [-0.2, -0.15) is 11.3 Å². The molecule has 0 aliphatic heterocycles. The van der Waals surface area contributed by atoms with Crippen molar-refractivity contribution in [2.75, 3.05) is 11.1 Å². The normalized spacial score (nSPS) is 10.8. The van der Waals surface area contributed by atoms with Crippen molar-refractivity contribution >= 4 is 50.0 Å². The molecular formula is C13H9FN2OS2. The van der Waals surface area contributed by atoms with E-state index in [1.165, 1.54) is 34.8 Å². The summed E-state index contributed by atoms with van der Waals surface area (Å²) in [5.41, 5.74) is 6.98. The third-order valence-corrected chi connectivity index (χ3v) is 4.54. The van der Waals surface area contributed by atoms with E-state index in [-0.39, 0.29) is 11.7 Å². The standard InChI is InChI=1S/C13H9FN2OS2/c14-7-1-2-10-9(5-7)11(15)12(19-10)13(17)16-8-3-4-18-6-8/h1-6H,15H2,(H,16,17). The molecule has 0 radical (unpaired) electrons. The maximum atomic E-state index is 13.2. The number of carbonyl (C=O) groups excluding carboxylic acids is 1. The number of halogens is 1. The van der Waals surface area contributed by atoms with E-state index in [0.29, 0.717) is 16.0 Å². The average molecular weight is 292 g/mol. The van der Waals surface area contributed by atoms with Gasteiger partial charge in [0.25, 0.3) is 5.91 Å². The number of carbonyl (C=O) groups is 1. The van der Waals surface area contributed by atoms with E-state index in [1.54, 1.807) is 6.07 Å². The molecule has 0 spiro atoms. The number of nitrogens with two attached hydrogens (primary N) is 1. The highest BCUT2D eigenvalue weighted by Crippen LogP contribution is 2.34. The van der Waals surface area contributed by atoms with Gasteiger partial charge in [-0.15, -0.1) is 11.3 Å². The Balaban J connectivity index is 2.00. The zero-order valence-corrected chi connectivity index (χ0v) is 11.3. The van der Waals surface area contributed by atoms with Crippen LogP contribution in [0.1, 0.15) is 9.67 Å². The number of benzene rings is 1. The van der Waals surface area contributed by atoms with Crippen molar-refractivity contribution in [3.8, 4) is 0 Å². The van der Waals surface area contributed by atoms with Gasteiger partial charge in [-0.25, -0.2) is 4.39 Å². The molecule has 6 heteroatoms. The Morgan fingerprint density at radius 1 is 1.32 bits per heavy atom. The Morgan fingerprint density at radius 2 is 2.16 bits per heavy atom. The quantitative estimate of drug-likeness (QED) is 0.751. The van der Waals surface area contributed by atoms with E-state index in [9.17, 15) is 9.18 Å². The zero-order valence-electron chi connectivity index (χ0n) is 9.64. The summed E-state index contributed by atoms with van der Waals surface area (Å²) in [5, 5.41) is 7.06. The number of nitrogens with one attached hydrogen (secondary N) is 1. The topological polar surface area (TPSA) is 55.1 Å². The van der Waals surface area contributed by atoms with E-state index >= 15 is 0 Å². The first kappa shape index (κ1) is 12.1. The summed E-state index contributed by atoms with van der Waals surface area (Å²) in [6, 6.07) is 6.15. The molecule has 0 atom stereocenters. The summed E-state index contributed by atoms with van der Waals surface area (Å²) in [5.74, 6) is -0.626. The molecule has 3 aromatic rings. The second-order valence-electron chi connectivity index (χ2n) is 3.95. The van der Waals surface area contributed by atoms with Crippen LogP contribution < -0.4 is 11.1 Å². The number of rotatable bonds is 2. The SMILES string of the molecule is Nc1c(C(=O)Nc2ccsc2)sc2ccc(F)cc12. The molecule has 0 saturated heterocycles. The van der Waals surface area contributed by atoms with Crippen LogP contribution >= 0.6 is 22.7 Å². The van der Waals surface area contributed by atoms with Gasteiger partial charge in [0.2, 0.25) is 0 Å². The molecule has 1 amide bonds. The third kappa shape index (κ3) is 2.20. The summed E-state index contributed by atoms with van der Waals surface area (Å²) in [6.45, 7) is 0. The molecule has 0 unspecified atom stereocenters. The maximum absolute atomic E-state index is 13.2. The van der Waals surface area contributed by atoms with Gasteiger partial charge in [-0.1, -0.05) is 0 Å². The van der Waals surface area contributed by atoms with Crippen LogP contribution in [-0.4, -0.2) is 5.91 Å². The van der Waals surface area contributed by atoms with Crippen LogP contribution in [0.15, 0.2) is 35.0 Å². The van der Waals surface area contributed by atoms with Gasteiger partial charge in [-0.05, 0) is 29.6 Å². The predicted molar refractivity (Wildman–Crippen MR) is 78.5 cm³/mol. The lowest BCUT2D eigenvalue weighted by Crippen LogP contribution is -2.11. The molecule has 0 aliphatic carbocycles. The highest BCUT2D eigenvalue weighted by atomic mass is 32.1. The minimum absolute atomic E-state index is 0.266. The highest BCUT2D eigenvalue weighted by Gasteiger charge is 2.17. The first-order chi connectivity index (χ1) is 9.15. The number of hydrogen-bond donors (Lipinski definition) is 2. The molecule has 1 aromatic carbocycles. The van der Waals surface area contributed by atoms with Gasteiger partial charge >= 0.3 is 0 Å². The van der Waals surface area contributed by atoms with Gasteiger partial charge < -0.3 is 11.1 Å². The molecule has 0 aliphatic rings. The predicted octanol–water partition coefficient (Wildman–Crippen LogP) is 3.94. The van der Waals surface area contributed by atoms with Gasteiger partial charge in [0.05, 0.1) is 11.4 Å². The van der Waals surface area contributed by atoms with E-state index in [4.69, 9.17) is 5.73 Å². The Morgan fingerprint density at radius 3 is 2.89 bits per heavy atom. The first-order valence-electron chi connectivity index (χ1n) is 5.46. The molecule has 0 bridgehead atoms. The van der Waals surface area contributed by atoms with Crippen molar-refractivity contribution in [3.05, 3.63) is 45.7 Å². The molecule has 3 nitrogen and oxygen atoms in total. The van der Waals surface area contributed by atoms with Crippen molar-refractivity contribution in [1.29, 1.82) is 0 Å². The van der Waals surface area contributed by atoms with E-state index in [0.717, 1.165) is 10.4 Å². The smallest absolute Gasteiger partial charge is 0.267 e. The Labute approximate surface area is 116 Å². The van der Waals surface area contributed by atoms with Crippen LogP contribution in [0.3, 0.4) is 0 Å². The lowest BCUT2D eigenvalue weighted by Gasteiger charge is -2.01. The molecule has 0 saturated carbocycles. The number of nitrogen functional groups attached to an aromatic ring is 1. The minimum atomic E-state index is -0.359. The van der Waals surface area contributed by atoms with Crippen LogP contribution in [0.2, 0.25) is 0 Å². The Hall–Kier alpha value is -1.92. The molecule has 2 aromatic heterocycles. The van der Waals surface area contributed by atoms with Crippen LogP contribution in [-0.2, 0) is 0 Å². The zero-order chi connectivity index (χ0) is 13.4. The van der Waals surface area contributed by atoms with Gasteiger partial charge in [0.15, 0.2) is 0 Å². The van der Waals surface area contributed by atoms with E-state index in [1.807, 2.05) is 16.8 Å². The molecule has 3 N–H and O–H groups in total. The Bertz CT molecular complexity index is 749. The monoisotopic (exact) mass is 292 g/mol. The molecule has 96 valence electrons. The van der Waals surface area contributed by atoms with E-state index < -0.39 is 0 Å². The van der Waals surface area contributed by atoms with E-state index in [2.05, 4.69) is 5.32 Å². The summed E-state index contributed by atoms with van der Waals surface area (Å²) in [6.07, 6.45) is 0. The molecule has 2 heterocycles. The summed E-state index contributed by atoms with van der Waals surface area (Å²) in [7, 11) is 0. The molecule has 0 fully saturated rings. The second-order valence-corrected chi connectivity index (χ2v) is 5.78. The van der Waals surface area contributed by atoms with Gasteiger partial charge in [0, 0.05) is 15.5 Å².